The number of ether oxygens (including phenoxy) is 3. The number of hydrogen-bond acceptors (Lipinski definition) is 7. The molecular weight excluding hydrogens is 432 g/mol. The van der Waals surface area contributed by atoms with Crippen LogP contribution in [-0.2, 0) is 9.59 Å². The van der Waals surface area contributed by atoms with Crippen LogP contribution in [0.1, 0.15) is 19.4 Å². The zero-order chi connectivity index (χ0) is 23.1. The monoisotopic (exact) mass is 456 g/mol. The van der Waals surface area contributed by atoms with Gasteiger partial charge in [0, 0.05) is 6.54 Å². The van der Waals surface area contributed by atoms with Crippen molar-refractivity contribution in [1.82, 2.24) is 4.90 Å². The molecule has 3 rings (SSSR count). The molecule has 1 aliphatic rings. The maximum atomic E-state index is 12.9. The number of carbonyl (C=O) groups is 2. The summed E-state index contributed by atoms with van der Waals surface area (Å²) in [6.07, 6.45) is 1.75. The van der Waals surface area contributed by atoms with E-state index in [4.69, 9.17) is 19.3 Å². The lowest BCUT2D eigenvalue weighted by atomic mass is 10.2. The summed E-state index contributed by atoms with van der Waals surface area (Å²) in [6, 6.07) is 12.4. The molecule has 2 aromatic carbocycles. The van der Waals surface area contributed by atoms with E-state index in [1.54, 1.807) is 29.2 Å². The lowest BCUT2D eigenvalue weighted by Crippen LogP contribution is -2.28. The second-order valence-electron chi connectivity index (χ2n) is 6.57. The quantitative estimate of drug-likeness (QED) is 0.565. The Labute approximate surface area is 190 Å². The highest BCUT2D eigenvalue weighted by Gasteiger charge is 2.32. The number of aliphatic imine (C=N–C) groups is 1. The zero-order valence-corrected chi connectivity index (χ0v) is 18.8. The van der Waals surface area contributed by atoms with E-state index in [0.29, 0.717) is 34.7 Å². The largest absolute Gasteiger partial charge is 0.494 e. The van der Waals surface area contributed by atoms with E-state index in [0.717, 1.165) is 17.0 Å². The summed E-state index contributed by atoms with van der Waals surface area (Å²) in [5.74, 6) is 0.254. The van der Waals surface area contributed by atoms with Gasteiger partial charge in [-0.05, 0) is 73.6 Å². The molecule has 1 fully saturated rings. The highest BCUT2D eigenvalue weighted by atomic mass is 32.2. The van der Waals surface area contributed by atoms with Gasteiger partial charge in [0.15, 0.2) is 23.3 Å². The molecule has 1 saturated heterocycles. The molecule has 1 aliphatic heterocycles. The zero-order valence-electron chi connectivity index (χ0n) is 18.0. The van der Waals surface area contributed by atoms with Crippen molar-refractivity contribution in [3.05, 3.63) is 52.9 Å². The Morgan fingerprint density at radius 3 is 2.50 bits per heavy atom. The van der Waals surface area contributed by atoms with Gasteiger partial charge >= 0.3 is 5.97 Å². The van der Waals surface area contributed by atoms with E-state index in [9.17, 15) is 9.59 Å². The minimum Gasteiger partial charge on any atom is -0.494 e. The maximum Gasteiger partial charge on any atom is 0.341 e. The van der Waals surface area contributed by atoms with Gasteiger partial charge in [-0.2, -0.15) is 0 Å². The summed E-state index contributed by atoms with van der Waals surface area (Å²) >= 11 is 1.29. The third-order valence-electron chi connectivity index (χ3n) is 4.41. The first kappa shape index (κ1) is 23.2. The lowest BCUT2D eigenvalue weighted by molar-refractivity contribution is -0.139. The first-order valence-electron chi connectivity index (χ1n) is 10.0. The number of likely N-dealkylation sites (N-methyl/N-ethyl adjacent to an activating group) is 1. The van der Waals surface area contributed by atoms with Crippen molar-refractivity contribution in [2.75, 3.05) is 26.9 Å². The molecule has 9 heteroatoms. The predicted octanol–water partition coefficient (Wildman–Crippen LogP) is 4.18. The van der Waals surface area contributed by atoms with Crippen LogP contribution in [0.2, 0.25) is 0 Å². The van der Waals surface area contributed by atoms with Gasteiger partial charge in [0.1, 0.15) is 5.75 Å². The third-order valence-corrected chi connectivity index (χ3v) is 5.42. The Morgan fingerprint density at radius 1 is 1.12 bits per heavy atom. The normalized spacial score (nSPS) is 16.0. The third kappa shape index (κ3) is 5.61. The lowest BCUT2D eigenvalue weighted by Gasteiger charge is -2.12. The molecule has 0 radical (unpaired) electrons. The van der Waals surface area contributed by atoms with E-state index >= 15 is 0 Å². The van der Waals surface area contributed by atoms with E-state index in [2.05, 4.69) is 4.99 Å². The van der Waals surface area contributed by atoms with Crippen LogP contribution < -0.4 is 14.2 Å². The summed E-state index contributed by atoms with van der Waals surface area (Å²) in [4.78, 5) is 30.4. The van der Waals surface area contributed by atoms with Crippen LogP contribution in [-0.4, -0.2) is 53.9 Å². The van der Waals surface area contributed by atoms with Crippen molar-refractivity contribution in [3.63, 3.8) is 0 Å². The molecule has 168 valence electrons. The Balaban J connectivity index is 1.84. The number of rotatable bonds is 9. The fraction of sp³-hybridized carbons (Fsp3) is 0.261. The number of thioether (sulfide) groups is 1. The molecule has 0 unspecified atom stereocenters. The number of carboxylic acid groups (broad SMARTS) is 1. The number of carbonyl (C=O) groups excluding carboxylic acids is 1. The van der Waals surface area contributed by atoms with Crippen molar-refractivity contribution in [3.8, 4) is 17.2 Å². The van der Waals surface area contributed by atoms with Crippen LogP contribution in [0.3, 0.4) is 0 Å². The minimum absolute atomic E-state index is 0.132. The fourth-order valence-corrected chi connectivity index (χ4v) is 4.01. The van der Waals surface area contributed by atoms with Crippen molar-refractivity contribution in [2.24, 2.45) is 4.99 Å². The van der Waals surface area contributed by atoms with Gasteiger partial charge in [0.05, 0.1) is 24.3 Å². The molecule has 1 N–H and O–H groups in total. The van der Waals surface area contributed by atoms with Crippen LogP contribution in [0.15, 0.2) is 52.4 Å². The van der Waals surface area contributed by atoms with E-state index in [-0.39, 0.29) is 5.91 Å². The summed E-state index contributed by atoms with van der Waals surface area (Å²) in [5.41, 5.74) is 1.45. The van der Waals surface area contributed by atoms with Gasteiger partial charge in [-0.1, -0.05) is 6.07 Å². The Kier molecular flexibility index (Phi) is 7.77. The van der Waals surface area contributed by atoms with Gasteiger partial charge in [0.25, 0.3) is 5.91 Å². The Hall–Kier alpha value is -3.46. The molecule has 1 heterocycles. The Bertz CT molecular complexity index is 1050. The van der Waals surface area contributed by atoms with Crippen LogP contribution in [0.5, 0.6) is 17.2 Å². The summed E-state index contributed by atoms with van der Waals surface area (Å²) in [7, 11) is 1.47. The summed E-state index contributed by atoms with van der Waals surface area (Å²) in [6.45, 7) is 4.43. The first-order valence-corrected chi connectivity index (χ1v) is 10.8. The number of benzene rings is 2. The minimum atomic E-state index is -1.08. The highest BCUT2D eigenvalue weighted by Crippen LogP contribution is 2.36. The molecule has 32 heavy (non-hydrogen) atoms. The molecule has 0 aromatic heterocycles. The van der Waals surface area contributed by atoms with Gasteiger partial charge in [-0.3, -0.25) is 9.69 Å². The number of nitrogens with zero attached hydrogens (tertiary/aromatic N) is 2. The number of amides is 1. The second-order valence-corrected chi connectivity index (χ2v) is 7.58. The topological polar surface area (TPSA) is 97.7 Å². The van der Waals surface area contributed by atoms with Gasteiger partial charge in [0.2, 0.25) is 0 Å². The van der Waals surface area contributed by atoms with Crippen molar-refractivity contribution in [1.29, 1.82) is 0 Å². The standard InChI is InChI=1S/C23H24N2O6S/c1-4-25-22(28)20(32-23(25)24-16-7-9-17(10-8-16)30-5-2)13-15-6-11-18(19(12-15)29-3)31-14-21(26)27/h6-13H,4-5,14H2,1-3H3,(H,26,27)/b20-13+,24-23?. The van der Waals surface area contributed by atoms with E-state index < -0.39 is 12.6 Å². The van der Waals surface area contributed by atoms with E-state index in [1.165, 1.54) is 18.9 Å². The van der Waals surface area contributed by atoms with Crippen molar-refractivity contribution < 1.29 is 28.9 Å². The summed E-state index contributed by atoms with van der Waals surface area (Å²) in [5, 5.41) is 9.39. The van der Waals surface area contributed by atoms with Crippen LogP contribution in [0.4, 0.5) is 5.69 Å². The summed E-state index contributed by atoms with van der Waals surface area (Å²) < 4.78 is 16.0. The average Bonchev–Trinajstić information content (AvgIpc) is 3.07. The molecule has 0 spiro atoms. The first-order chi connectivity index (χ1) is 15.4. The fourth-order valence-electron chi connectivity index (χ4n) is 2.95. The van der Waals surface area contributed by atoms with Gasteiger partial charge in [-0.25, -0.2) is 9.79 Å². The van der Waals surface area contributed by atoms with Crippen LogP contribution >= 0.6 is 11.8 Å². The van der Waals surface area contributed by atoms with Crippen molar-refractivity contribution in [2.45, 2.75) is 13.8 Å². The molecule has 0 atom stereocenters. The Morgan fingerprint density at radius 2 is 1.88 bits per heavy atom. The smallest absolute Gasteiger partial charge is 0.341 e. The van der Waals surface area contributed by atoms with Crippen LogP contribution in [0.25, 0.3) is 6.08 Å². The molecule has 2 aromatic rings. The maximum absolute atomic E-state index is 12.9. The van der Waals surface area contributed by atoms with Crippen molar-refractivity contribution >= 4 is 40.6 Å². The molecule has 0 saturated carbocycles. The van der Waals surface area contributed by atoms with Gasteiger partial charge in [-0.15, -0.1) is 0 Å². The second kappa shape index (κ2) is 10.7. The molecule has 8 nitrogen and oxygen atoms in total. The predicted molar refractivity (Wildman–Crippen MR) is 124 cm³/mol. The van der Waals surface area contributed by atoms with Gasteiger partial charge < -0.3 is 19.3 Å². The number of methoxy groups -OCH3 is 1. The number of amidine groups is 1. The molecule has 1 amide bonds. The van der Waals surface area contributed by atoms with Crippen LogP contribution in [0, 0.1) is 0 Å². The highest BCUT2D eigenvalue weighted by molar-refractivity contribution is 8.18. The number of hydrogen-bond donors (Lipinski definition) is 1. The average molecular weight is 457 g/mol. The number of carboxylic acids is 1. The SMILES string of the molecule is CCOc1ccc(N=C2S/C(=C/c3ccc(OCC(=O)O)c(OC)c3)C(=O)N2CC)cc1. The molecule has 0 bridgehead atoms. The molecule has 0 aliphatic carbocycles. The van der Waals surface area contributed by atoms with E-state index in [1.807, 2.05) is 38.1 Å². The number of aliphatic carboxylic acids is 1. The molecular formula is C23H24N2O6S.